The van der Waals surface area contributed by atoms with Crippen molar-refractivity contribution < 1.29 is 5.11 Å². The molecule has 88 valence electrons. The molecule has 16 heavy (non-hydrogen) atoms. The summed E-state index contributed by atoms with van der Waals surface area (Å²) in [6.07, 6.45) is 5.29. The fourth-order valence-electron chi connectivity index (χ4n) is 2.06. The van der Waals surface area contributed by atoms with Crippen molar-refractivity contribution in [2.75, 3.05) is 0 Å². The van der Waals surface area contributed by atoms with Crippen molar-refractivity contribution in [1.29, 1.82) is 0 Å². The van der Waals surface area contributed by atoms with Crippen molar-refractivity contribution in [1.82, 2.24) is 5.32 Å². The maximum absolute atomic E-state index is 9.65. The number of rotatable bonds is 6. The number of phenols is 1. The fourth-order valence-corrected chi connectivity index (χ4v) is 2.06. The van der Waals surface area contributed by atoms with Gasteiger partial charge in [0, 0.05) is 18.2 Å². The fraction of sp³-hybridized carbons (Fsp3) is 0.571. The Hall–Kier alpha value is -1.02. The Bertz CT molecular complexity index is 333. The van der Waals surface area contributed by atoms with Crippen LogP contribution in [0.1, 0.15) is 38.2 Å². The predicted molar refractivity (Wildman–Crippen MR) is 66.4 cm³/mol. The van der Waals surface area contributed by atoms with E-state index in [9.17, 15) is 5.11 Å². The first-order chi connectivity index (χ1) is 7.79. The van der Waals surface area contributed by atoms with Crippen LogP contribution in [0.25, 0.3) is 0 Å². The van der Waals surface area contributed by atoms with Crippen LogP contribution in [0.4, 0.5) is 0 Å². The van der Waals surface area contributed by atoms with E-state index in [0.29, 0.717) is 11.8 Å². The van der Waals surface area contributed by atoms with Crippen LogP contribution in [-0.4, -0.2) is 11.1 Å². The second-order valence-corrected chi connectivity index (χ2v) is 4.79. The zero-order chi connectivity index (χ0) is 11.4. The quantitative estimate of drug-likeness (QED) is 0.770. The van der Waals surface area contributed by atoms with E-state index in [-0.39, 0.29) is 0 Å². The highest BCUT2D eigenvalue weighted by atomic mass is 16.3. The van der Waals surface area contributed by atoms with E-state index in [4.69, 9.17) is 0 Å². The van der Waals surface area contributed by atoms with E-state index in [2.05, 4.69) is 12.2 Å². The first kappa shape index (κ1) is 11.5. The van der Waals surface area contributed by atoms with Gasteiger partial charge < -0.3 is 10.4 Å². The molecule has 1 aromatic rings. The van der Waals surface area contributed by atoms with Crippen molar-refractivity contribution in [3.63, 3.8) is 0 Å². The molecule has 2 rings (SSSR count). The monoisotopic (exact) mass is 219 g/mol. The molecule has 0 aromatic heterocycles. The molecule has 2 heteroatoms. The van der Waals surface area contributed by atoms with Gasteiger partial charge in [-0.25, -0.2) is 0 Å². The molecule has 1 atom stereocenters. The Labute approximate surface area is 97.7 Å². The first-order valence-corrected chi connectivity index (χ1v) is 6.30. The lowest BCUT2D eigenvalue weighted by Gasteiger charge is -2.17. The van der Waals surface area contributed by atoms with Gasteiger partial charge in [0.05, 0.1) is 0 Å². The SMILES string of the molecule is CCC(CC1CC1)NCc1ccccc1O. The number of hydrogen-bond donors (Lipinski definition) is 2. The van der Waals surface area contributed by atoms with Crippen molar-refractivity contribution in [2.45, 2.75) is 45.2 Å². The lowest BCUT2D eigenvalue weighted by molar-refractivity contribution is 0.429. The highest BCUT2D eigenvalue weighted by Crippen LogP contribution is 2.34. The number of nitrogens with one attached hydrogen (secondary N) is 1. The molecule has 1 aromatic carbocycles. The molecule has 0 saturated heterocycles. The summed E-state index contributed by atoms with van der Waals surface area (Å²) in [5, 5.41) is 13.2. The molecule has 1 aliphatic carbocycles. The van der Waals surface area contributed by atoms with Gasteiger partial charge >= 0.3 is 0 Å². The van der Waals surface area contributed by atoms with Crippen molar-refractivity contribution in [3.05, 3.63) is 29.8 Å². The summed E-state index contributed by atoms with van der Waals surface area (Å²) in [7, 11) is 0. The summed E-state index contributed by atoms with van der Waals surface area (Å²) in [6, 6.07) is 8.16. The molecule has 0 bridgehead atoms. The van der Waals surface area contributed by atoms with Crippen LogP contribution < -0.4 is 5.32 Å². The minimum atomic E-state index is 0.399. The molecular weight excluding hydrogens is 198 g/mol. The van der Waals surface area contributed by atoms with E-state index < -0.39 is 0 Å². The lowest BCUT2D eigenvalue weighted by Crippen LogP contribution is -2.28. The maximum atomic E-state index is 9.65. The smallest absolute Gasteiger partial charge is 0.120 e. The van der Waals surface area contributed by atoms with Gasteiger partial charge in [-0.2, -0.15) is 0 Å². The zero-order valence-electron chi connectivity index (χ0n) is 9.95. The van der Waals surface area contributed by atoms with Gasteiger partial charge in [-0.1, -0.05) is 38.0 Å². The van der Waals surface area contributed by atoms with Gasteiger partial charge in [-0.3, -0.25) is 0 Å². The van der Waals surface area contributed by atoms with E-state index in [1.165, 1.54) is 25.7 Å². The van der Waals surface area contributed by atoms with Crippen LogP contribution in [0.3, 0.4) is 0 Å². The summed E-state index contributed by atoms with van der Waals surface area (Å²) >= 11 is 0. The molecule has 0 amide bonds. The molecule has 1 saturated carbocycles. The summed E-state index contributed by atoms with van der Waals surface area (Å²) in [6.45, 7) is 3.00. The van der Waals surface area contributed by atoms with E-state index in [1.807, 2.05) is 18.2 Å². The molecular formula is C14H21NO. The second-order valence-electron chi connectivity index (χ2n) is 4.79. The van der Waals surface area contributed by atoms with Gasteiger partial charge in [0.2, 0.25) is 0 Å². The topological polar surface area (TPSA) is 32.3 Å². The van der Waals surface area contributed by atoms with Crippen LogP contribution in [0, 0.1) is 5.92 Å². The molecule has 0 radical (unpaired) electrons. The Morgan fingerprint density at radius 3 is 2.75 bits per heavy atom. The summed E-state index contributed by atoms with van der Waals surface area (Å²) in [5.41, 5.74) is 0.997. The highest BCUT2D eigenvalue weighted by molar-refractivity contribution is 5.31. The number of benzene rings is 1. The van der Waals surface area contributed by atoms with Crippen molar-refractivity contribution in [2.24, 2.45) is 5.92 Å². The van der Waals surface area contributed by atoms with Gasteiger partial charge in [-0.15, -0.1) is 0 Å². The van der Waals surface area contributed by atoms with Crippen LogP contribution in [0.15, 0.2) is 24.3 Å². The lowest BCUT2D eigenvalue weighted by atomic mass is 10.1. The van der Waals surface area contributed by atoms with E-state index in [0.717, 1.165) is 18.0 Å². The van der Waals surface area contributed by atoms with Gasteiger partial charge in [-0.05, 0) is 24.8 Å². The summed E-state index contributed by atoms with van der Waals surface area (Å²) in [5.74, 6) is 1.36. The molecule has 0 heterocycles. The van der Waals surface area contributed by atoms with Crippen LogP contribution in [0.5, 0.6) is 5.75 Å². The van der Waals surface area contributed by atoms with Crippen LogP contribution in [0.2, 0.25) is 0 Å². The summed E-state index contributed by atoms with van der Waals surface area (Å²) < 4.78 is 0. The molecule has 2 nitrogen and oxygen atoms in total. The highest BCUT2D eigenvalue weighted by Gasteiger charge is 2.24. The average molecular weight is 219 g/mol. The Balaban J connectivity index is 1.82. The average Bonchev–Trinajstić information content (AvgIpc) is 3.10. The number of aromatic hydroxyl groups is 1. The maximum Gasteiger partial charge on any atom is 0.120 e. The largest absolute Gasteiger partial charge is 0.508 e. The van der Waals surface area contributed by atoms with E-state index >= 15 is 0 Å². The molecule has 0 aliphatic heterocycles. The number of para-hydroxylation sites is 1. The van der Waals surface area contributed by atoms with Crippen molar-refractivity contribution in [3.8, 4) is 5.75 Å². The molecule has 1 aliphatic rings. The Kier molecular flexibility index (Phi) is 3.83. The molecule has 2 N–H and O–H groups in total. The predicted octanol–water partition coefficient (Wildman–Crippen LogP) is 3.06. The third kappa shape index (κ3) is 3.24. The zero-order valence-corrected chi connectivity index (χ0v) is 9.95. The van der Waals surface area contributed by atoms with Crippen molar-refractivity contribution >= 4 is 0 Å². The third-order valence-corrected chi connectivity index (χ3v) is 3.38. The number of hydrogen-bond acceptors (Lipinski definition) is 2. The Morgan fingerprint density at radius 2 is 2.12 bits per heavy atom. The second kappa shape index (κ2) is 5.35. The Morgan fingerprint density at radius 1 is 1.38 bits per heavy atom. The molecule has 1 fully saturated rings. The third-order valence-electron chi connectivity index (χ3n) is 3.38. The minimum Gasteiger partial charge on any atom is -0.508 e. The van der Waals surface area contributed by atoms with Gasteiger partial charge in [0.1, 0.15) is 5.75 Å². The first-order valence-electron chi connectivity index (χ1n) is 6.30. The van der Waals surface area contributed by atoms with Crippen LogP contribution >= 0.6 is 0 Å². The minimum absolute atomic E-state index is 0.399. The van der Waals surface area contributed by atoms with Gasteiger partial charge in [0.15, 0.2) is 0 Å². The molecule has 1 unspecified atom stereocenters. The standard InChI is InChI=1S/C14H21NO/c1-2-13(9-11-7-8-11)15-10-12-5-3-4-6-14(12)16/h3-6,11,13,15-16H,2,7-10H2,1H3. The normalized spacial score (nSPS) is 17.3. The molecule has 0 spiro atoms. The van der Waals surface area contributed by atoms with E-state index in [1.54, 1.807) is 6.07 Å². The van der Waals surface area contributed by atoms with Gasteiger partial charge in [0.25, 0.3) is 0 Å². The van der Waals surface area contributed by atoms with Crippen LogP contribution in [-0.2, 0) is 6.54 Å². The number of phenolic OH excluding ortho intramolecular Hbond substituents is 1. The summed E-state index contributed by atoms with van der Waals surface area (Å²) in [4.78, 5) is 0.